The van der Waals surface area contributed by atoms with E-state index in [1.807, 2.05) is 21.0 Å². The van der Waals surface area contributed by atoms with Gasteiger partial charge in [-0.25, -0.2) is 0 Å². The molecule has 1 rings (SSSR count). The third-order valence-electron chi connectivity index (χ3n) is 2.96. The van der Waals surface area contributed by atoms with E-state index in [4.69, 9.17) is 0 Å². The molecule has 0 aromatic carbocycles. The van der Waals surface area contributed by atoms with Gasteiger partial charge in [-0.1, -0.05) is 0 Å². The van der Waals surface area contributed by atoms with Gasteiger partial charge in [0, 0.05) is 18.9 Å². The molecule has 0 aromatic rings. The molecule has 0 bridgehead atoms. The van der Waals surface area contributed by atoms with Crippen LogP contribution in [0.5, 0.6) is 0 Å². The Balaban J connectivity index is 2.54. The zero-order chi connectivity index (χ0) is 10.1. The minimum Gasteiger partial charge on any atom is -0.393 e. The first-order valence-corrected chi connectivity index (χ1v) is 4.97. The summed E-state index contributed by atoms with van der Waals surface area (Å²) in [6.07, 6.45) is 1.96. The second kappa shape index (κ2) is 3.95. The summed E-state index contributed by atoms with van der Waals surface area (Å²) in [5.41, 5.74) is -0.693. The first kappa shape index (κ1) is 11.0. The fourth-order valence-corrected chi connectivity index (χ4v) is 2.18. The molecule has 78 valence electrons. The van der Waals surface area contributed by atoms with Crippen molar-refractivity contribution < 1.29 is 10.2 Å². The van der Waals surface area contributed by atoms with E-state index in [1.165, 1.54) is 0 Å². The SMILES string of the molecule is CN(C)C[C@@H]1CC[C@H](O)C[C@]1(C)O. The maximum absolute atomic E-state index is 10.1. The third kappa shape index (κ3) is 2.93. The maximum atomic E-state index is 10.1. The van der Waals surface area contributed by atoms with E-state index in [2.05, 4.69) is 4.90 Å². The minimum atomic E-state index is -0.693. The van der Waals surface area contributed by atoms with Gasteiger partial charge in [0.2, 0.25) is 0 Å². The normalized spacial score (nSPS) is 41.1. The highest BCUT2D eigenvalue weighted by atomic mass is 16.3. The average Bonchev–Trinajstić information content (AvgIpc) is 1.93. The van der Waals surface area contributed by atoms with Crippen molar-refractivity contribution in [2.75, 3.05) is 20.6 Å². The molecule has 0 heterocycles. The van der Waals surface area contributed by atoms with Crippen molar-refractivity contribution in [3.05, 3.63) is 0 Å². The van der Waals surface area contributed by atoms with E-state index in [9.17, 15) is 10.2 Å². The summed E-state index contributed by atoms with van der Waals surface area (Å²) in [5, 5.41) is 19.5. The molecule has 0 radical (unpaired) electrons. The van der Waals surface area contributed by atoms with Gasteiger partial charge in [0.05, 0.1) is 11.7 Å². The first-order valence-electron chi connectivity index (χ1n) is 4.97. The molecular weight excluding hydrogens is 166 g/mol. The van der Waals surface area contributed by atoms with Crippen molar-refractivity contribution in [1.29, 1.82) is 0 Å². The molecule has 0 amide bonds. The molecule has 0 unspecified atom stereocenters. The zero-order valence-corrected chi connectivity index (χ0v) is 8.82. The number of nitrogens with zero attached hydrogens (tertiary/aromatic N) is 1. The second-order valence-electron chi connectivity index (χ2n) is 4.75. The molecule has 3 nitrogen and oxygen atoms in total. The van der Waals surface area contributed by atoms with Crippen LogP contribution in [0.2, 0.25) is 0 Å². The molecule has 0 spiro atoms. The van der Waals surface area contributed by atoms with E-state index < -0.39 is 5.60 Å². The summed E-state index contributed by atoms with van der Waals surface area (Å²) in [6, 6.07) is 0. The Morgan fingerprint density at radius 2 is 2.00 bits per heavy atom. The lowest BCUT2D eigenvalue weighted by Gasteiger charge is -2.40. The van der Waals surface area contributed by atoms with Crippen LogP contribution in [-0.4, -0.2) is 47.5 Å². The van der Waals surface area contributed by atoms with E-state index in [0.29, 0.717) is 12.3 Å². The number of hydrogen-bond acceptors (Lipinski definition) is 3. The van der Waals surface area contributed by atoms with Gasteiger partial charge in [0.25, 0.3) is 0 Å². The molecule has 1 saturated carbocycles. The molecule has 0 aliphatic heterocycles. The van der Waals surface area contributed by atoms with Gasteiger partial charge in [-0.05, 0) is 33.9 Å². The van der Waals surface area contributed by atoms with Crippen LogP contribution in [0.15, 0.2) is 0 Å². The van der Waals surface area contributed by atoms with Crippen LogP contribution in [0.3, 0.4) is 0 Å². The summed E-state index contributed by atoms with van der Waals surface area (Å²) in [7, 11) is 4.03. The number of hydrogen-bond donors (Lipinski definition) is 2. The molecule has 3 heteroatoms. The van der Waals surface area contributed by atoms with E-state index in [0.717, 1.165) is 19.4 Å². The summed E-state index contributed by atoms with van der Waals surface area (Å²) in [6.45, 7) is 2.74. The summed E-state index contributed by atoms with van der Waals surface area (Å²) >= 11 is 0. The lowest BCUT2D eigenvalue weighted by molar-refractivity contribution is -0.0802. The first-order chi connectivity index (χ1) is 5.92. The molecule has 0 saturated heterocycles. The maximum Gasteiger partial charge on any atom is 0.0684 e. The average molecular weight is 187 g/mol. The number of aliphatic hydroxyl groups excluding tert-OH is 1. The highest BCUT2D eigenvalue weighted by Crippen LogP contribution is 2.33. The molecule has 1 fully saturated rings. The topological polar surface area (TPSA) is 43.7 Å². The molecule has 13 heavy (non-hydrogen) atoms. The van der Waals surface area contributed by atoms with Gasteiger partial charge >= 0.3 is 0 Å². The van der Waals surface area contributed by atoms with Crippen LogP contribution in [0.1, 0.15) is 26.2 Å². The summed E-state index contributed by atoms with van der Waals surface area (Å²) in [4.78, 5) is 2.09. The quantitative estimate of drug-likeness (QED) is 0.660. The standard InChI is InChI=1S/C10H21NO2/c1-10(13)6-9(12)5-4-8(10)7-11(2)3/h8-9,12-13H,4-7H2,1-3H3/t8-,9-,10-/m0/s1. The Labute approximate surface area is 80.4 Å². The zero-order valence-electron chi connectivity index (χ0n) is 8.82. The van der Waals surface area contributed by atoms with Gasteiger partial charge in [0.15, 0.2) is 0 Å². The third-order valence-corrected chi connectivity index (χ3v) is 2.96. The van der Waals surface area contributed by atoms with Crippen LogP contribution in [0, 0.1) is 5.92 Å². The Morgan fingerprint density at radius 1 is 1.38 bits per heavy atom. The van der Waals surface area contributed by atoms with Gasteiger partial charge < -0.3 is 15.1 Å². The van der Waals surface area contributed by atoms with Gasteiger partial charge in [-0.3, -0.25) is 0 Å². The Hall–Kier alpha value is -0.120. The monoisotopic (exact) mass is 187 g/mol. The Kier molecular flexibility index (Phi) is 3.33. The minimum absolute atomic E-state index is 0.297. The molecule has 1 aliphatic carbocycles. The van der Waals surface area contributed by atoms with Crippen molar-refractivity contribution in [3.63, 3.8) is 0 Å². The van der Waals surface area contributed by atoms with Crippen molar-refractivity contribution in [3.8, 4) is 0 Å². The lowest BCUT2D eigenvalue weighted by atomic mass is 9.75. The highest BCUT2D eigenvalue weighted by molar-refractivity contribution is 4.90. The van der Waals surface area contributed by atoms with E-state index in [-0.39, 0.29) is 6.10 Å². The second-order valence-corrected chi connectivity index (χ2v) is 4.75. The number of aliphatic hydroxyl groups is 2. The van der Waals surface area contributed by atoms with Crippen molar-refractivity contribution in [2.45, 2.75) is 37.9 Å². The molecule has 0 aromatic heterocycles. The Bertz CT molecular complexity index is 168. The van der Waals surface area contributed by atoms with Crippen LogP contribution in [-0.2, 0) is 0 Å². The molecular formula is C10H21NO2. The summed E-state index contributed by atoms with van der Waals surface area (Å²) in [5.74, 6) is 0.297. The van der Waals surface area contributed by atoms with Gasteiger partial charge in [-0.15, -0.1) is 0 Å². The fourth-order valence-electron chi connectivity index (χ4n) is 2.18. The van der Waals surface area contributed by atoms with Crippen molar-refractivity contribution >= 4 is 0 Å². The number of rotatable bonds is 2. The van der Waals surface area contributed by atoms with Crippen LogP contribution < -0.4 is 0 Å². The smallest absolute Gasteiger partial charge is 0.0684 e. The molecule has 3 atom stereocenters. The van der Waals surface area contributed by atoms with Gasteiger partial charge in [-0.2, -0.15) is 0 Å². The van der Waals surface area contributed by atoms with Crippen molar-refractivity contribution in [2.24, 2.45) is 5.92 Å². The largest absolute Gasteiger partial charge is 0.393 e. The lowest BCUT2D eigenvalue weighted by Crippen LogP contribution is -2.46. The predicted octanol–water partition coefficient (Wildman–Crippen LogP) is 0.460. The van der Waals surface area contributed by atoms with Gasteiger partial charge in [0.1, 0.15) is 0 Å². The Morgan fingerprint density at radius 3 is 2.46 bits per heavy atom. The van der Waals surface area contributed by atoms with Crippen molar-refractivity contribution in [1.82, 2.24) is 4.90 Å². The fraction of sp³-hybridized carbons (Fsp3) is 1.00. The van der Waals surface area contributed by atoms with Crippen LogP contribution >= 0.6 is 0 Å². The van der Waals surface area contributed by atoms with Crippen LogP contribution in [0.25, 0.3) is 0 Å². The van der Waals surface area contributed by atoms with E-state index in [1.54, 1.807) is 0 Å². The molecule has 2 N–H and O–H groups in total. The molecule has 1 aliphatic rings. The predicted molar refractivity (Wildman–Crippen MR) is 52.5 cm³/mol. The van der Waals surface area contributed by atoms with Crippen LogP contribution in [0.4, 0.5) is 0 Å². The summed E-state index contributed by atoms with van der Waals surface area (Å²) < 4.78 is 0. The van der Waals surface area contributed by atoms with E-state index >= 15 is 0 Å². The highest BCUT2D eigenvalue weighted by Gasteiger charge is 2.38.